The zero-order valence-electron chi connectivity index (χ0n) is 13.2. The second-order valence-corrected chi connectivity index (χ2v) is 7.15. The second-order valence-electron chi connectivity index (χ2n) is 7.15. The summed E-state index contributed by atoms with van der Waals surface area (Å²) in [7, 11) is 0. The van der Waals surface area contributed by atoms with E-state index in [4.69, 9.17) is 5.73 Å². The lowest BCUT2D eigenvalue weighted by Crippen LogP contribution is -2.50. The van der Waals surface area contributed by atoms with Crippen molar-refractivity contribution in [2.75, 3.05) is 0 Å². The van der Waals surface area contributed by atoms with Crippen molar-refractivity contribution in [3.63, 3.8) is 0 Å². The van der Waals surface area contributed by atoms with Crippen LogP contribution in [0.4, 0.5) is 0 Å². The van der Waals surface area contributed by atoms with Gasteiger partial charge in [0.1, 0.15) is 0 Å². The number of nitrogens with two attached hydrogens (primary N) is 1. The van der Waals surface area contributed by atoms with Gasteiger partial charge < -0.3 is 5.73 Å². The molecular weight excluding hydrogens is 230 g/mol. The first-order valence-electron chi connectivity index (χ1n) is 7.70. The molecule has 1 fully saturated rings. The third kappa shape index (κ3) is 2.86. The van der Waals surface area contributed by atoms with E-state index in [0.717, 1.165) is 12.3 Å². The first-order valence-corrected chi connectivity index (χ1v) is 7.70. The van der Waals surface area contributed by atoms with Gasteiger partial charge in [-0.15, -0.1) is 0 Å². The van der Waals surface area contributed by atoms with E-state index in [1.165, 1.54) is 29.5 Å². The summed E-state index contributed by atoms with van der Waals surface area (Å²) in [5.74, 6) is 1.99. The fraction of sp³-hybridized carbons (Fsp3) is 0.667. The molecule has 1 nitrogen and oxygen atoms in total. The number of hydrogen-bond acceptors (Lipinski definition) is 1. The lowest BCUT2D eigenvalue weighted by Gasteiger charge is -2.46. The van der Waals surface area contributed by atoms with Gasteiger partial charge in [-0.05, 0) is 50.0 Å². The van der Waals surface area contributed by atoms with Gasteiger partial charge in [0.05, 0.1) is 0 Å². The number of aryl methyl sites for hydroxylation is 2. The first kappa shape index (κ1) is 14.6. The maximum Gasteiger partial charge on any atom is 0.0443 e. The summed E-state index contributed by atoms with van der Waals surface area (Å²) in [6.45, 7) is 11.4. The van der Waals surface area contributed by atoms with Crippen LogP contribution >= 0.6 is 0 Å². The van der Waals surface area contributed by atoms with Crippen LogP contribution in [0.15, 0.2) is 18.2 Å². The molecule has 19 heavy (non-hydrogen) atoms. The second kappa shape index (κ2) is 5.28. The van der Waals surface area contributed by atoms with Crippen LogP contribution in [0.2, 0.25) is 0 Å². The van der Waals surface area contributed by atoms with Crippen LogP contribution in [0.3, 0.4) is 0 Å². The summed E-state index contributed by atoms with van der Waals surface area (Å²) in [4.78, 5) is 0. The largest absolute Gasteiger partial charge is 0.321 e. The van der Waals surface area contributed by atoms with Crippen molar-refractivity contribution in [3.05, 3.63) is 34.9 Å². The minimum atomic E-state index is -0.136. The maximum absolute atomic E-state index is 6.95. The van der Waals surface area contributed by atoms with Gasteiger partial charge >= 0.3 is 0 Å². The molecule has 1 aromatic rings. The van der Waals surface area contributed by atoms with Gasteiger partial charge in [-0.3, -0.25) is 0 Å². The van der Waals surface area contributed by atoms with Crippen molar-refractivity contribution >= 4 is 0 Å². The van der Waals surface area contributed by atoms with Crippen molar-refractivity contribution in [1.82, 2.24) is 0 Å². The van der Waals surface area contributed by atoms with Gasteiger partial charge in [0, 0.05) is 5.54 Å². The molecule has 1 saturated carbocycles. The summed E-state index contributed by atoms with van der Waals surface area (Å²) in [5.41, 5.74) is 10.8. The molecule has 1 heteroatoms. The van der Waals surface area contributed by atoms with E-state index in [-0.39, 0.29) is 5.54 Å². The molecule has 2 N–H and O–H groups in total. The molecule has 0 bridgehead atoms. The maximum atomic E-state index is 6.95. The molecule has 3 unspecified atom stereocenters. The van der Waals surface area contributed by atoms with Crippen molar-refractivity contribution < 1.29 is 0 Å². The van der Waals surface area contributed by atoms with Gasteiger partial charge in [0.25, 0.3) is 0 Å². The third-order valence-corrected chi connectivity index (χ3v) is 4.88. The summed E-state index contributed by atoms with van der Waals surface area (Å²) in [6.07, 6.45) is 3.72. The highest BCUT2D eigenvalue weighted by Crippen LogP contribution is 2.45. The molecule has 0 saturated heterocycles. The highest BCUT2D eigenvalue weighted by atomic mass is 14.8. The molecular formula is C18H29N. The molecule has 0 amide bonds. The zero-order chi connectivity index (χ0) is 14.2. The average molecular weight is 259 g/mol. The zero-order valence-corrected chi connectivity index (χ0v) is 13.2. The quantitative estimate of drug-likeness (QED) is 0.828. The predicted octanol–water partition coefficient (Wildman–Crippen LogP) is 4.55. The van der Waals surface area contributed by atoms with E-state index in [1.807, 2.05) is 0 Å². The van der Waals surface area contributed by atoms with E-state index < -0.39 is 0 Å². The fourth-order valence-electron chi connectivity index (χ4n) is 4.06. The Morgan fingerprint density at radius 1 is 1.11 bits per heavy atom. The predicted molar refractivity (Wildman–Crippen MR) is 83.1 cm³/mol. The van der Waals surface area contributed by atoms with Crippen molar-refractivity contribution in [2.45, 2.75) is 59.4 Å². The van der Waals surface area contributed by atoms with Crippen LogP contribution < -0.4 is 5.73 Å². The molecule has 0 radical (unpaired) electrons. The molecule has 0 aromatic heterocycles. The Morgan fingerprint density at radius 2 is 1.68 bits per heavy atom. The van der Waals surface area contributed by atoms with Gasteiger partial charge in [-0.2, -0.15) is 0 Å². The van der Waals surface area contributed by atoms with Crippen LogP contribution in [0, 0.1) is 31.6 Å². The van der Waals surface area contributed by atoms with Crippen LogP contribution in [-0.4, -0.2) is 0 Å². The molecule has 0 spiro atoms. The smallest absolute Gasteiger partial charge is 0.0443 e. The fourth-order valence-corrected chi connectivity index (χ4v) is 4.06. The molecule has 0 aliphatic heterocycles. The molecule has 106 valence electrons. The Morgan fingerprint density at radius 3 is 2.21 bits per heavy atom. The third-order valence-electron chi connectivity index (χ3n) is 4.88. The van der Waals surface area contributed by atoms with Crippen molar-refractivity contribution in [2.24, 2.45) is 23.5 Å². The highest BCUT2D eigenvalue weighted by molar-refractivity contribution is 5.34. The van der Waals surface area contributed by atoms with Crippen molar-refractivity contribution in [1.29, 1.82) is 0 Å². The Labute approximate surface area is 118 Å². The minimum absolute atomic E-state index is 0.136. The van der Waals surface area contributed by atoms with Crippen LogP contribution in [0.5, 0.6) is 0 Å². The standard InChI is InChI=1S/C18H29N/c1-12(2)17-7-6-13(3)11-18(17,19)16-9-14(4)8-15(5)10-16/h8-10,12-13,17H,6-7,11,19H2,1-5H3. The van der Waals surface area contributed by atoms with Gasteiger partial charge in [-0.1, -0.05) is 56.5 Å². The van der Waals surface area contributed by atoms with E-state index in [0.29, 0.717) is 11.8 Å². The summed E-state index contributed by atoms with van der Waals surface area (Å²) in [6, 6.07) is 6.85. The molecule has 0 heterocycles. The van der Waals surface area contributed by atoms with Crippen LogP contribution in [0.25, 0.3) is 0 Å². The monoisotopic (exact) mass is 259 g/mol. The molecule has 1 aliphatic rings. The van der Waals surface area contributed by atoms with Crippen LogP contribution in [0.1, 0.15) is 56.7 Å². The van der Waals surface area contributed by atoms with Gasteiger partial charge in [0.15, 0.2) is 0 Å². The number of hydrogen-bond donors (Lipinski definition) is 1. The van der Waals surface area contributed by atoms with Gasteiger partial charge in [0.2, 0.25) is 0 Å². The van der Waals surface area contributed by atoms with E-state index in [1.54, 1.807) is 0 Å². The lowest BCUT2D eigenvalue weighted by molar-refractivity contribution is 0.108. The van der Waals surface area contributed by atoms with Crippen molar-refractivity contribution in [3.8, 4) is 0 Å². The Balaban J connectivity index is 2.45. The van der Waals surface area contributed by atoms with E-state index in [9.17, 15) is 0 Å². The molecule has 1 aliphatic carbocycles. The lowest BCUT2D eigenvalue weighted by atomic mass is 9.62. The topological polar surface area (TPSA) is 26.0 Å². The summed E-state index contributed by atoms with van der Waals surface area (Å²) < 4.78 is 0. The number of rotatable bonds is 2. The van der Waals surface area contributed by atoms with Crippen LogP contribution in [-0.2, 0) is 5.54 Å². The average Bonchev–Trinajstić information content (AvgIpc) is 2.26. The van der Waals surface area contributed by atoms with Gasteiger partial charge in [-0.25, -0.2) is 0 Å². The molecule has 2 rings (SSSR count). The highest BCUT2D eigenvalue weighted by Gasteiger charge is 2.42. The number of benzene rings is 1. The SMILES string of the molecule is Cc1cc(C)cc(C2(N)CC(C)CCC2C(C)C)c1. The minimum Gasteiger partial charge on any atom is -0.321 e. The Kier molecular flexibility index (Phi) is 4.06. The normalized spacial score (nSPS) is 31.7. The Hall–Kier alpha value is -0.820. The van der Waals surface area contributed by atoms with E-state index in [2.05, 4.69) is 52.8 Å². The summed E-state index contributed by atoms with van der Waals surface area (Å²) in [5, 5.41) is 0. The molecule has 1 aromatic carbocycles. The Bertz CT molecular complexity index is 429. The first-order chi connectivity index (χ1) is 8.83. The summed E-state index contributed by atoms with van der Waals surface area (Å²) >= 11 is 0. The molecule has 3 atom stereocenters. The van der Waals surface area contributed by atoms with E-state index >= 15 is 0 Å².